The molecule has 1 heterocycles. The Morgan fingerprint density at radius 2 is 1.86 bits per heavy atom. The van der Waals surface area contributed by atoms with Gasteiger partial charge in [0.25, 0.3) is 0 Å². The molecule has 5 heteroatoms. The summed E-state index contributed by atoms with van der Waals surface area (Å²) >= 11 is 0. The van der Waals surface area contributed by atoms with Crippen LogP contribution >= 0.6 is 0 Å². The Morgan fingerprint density at radius 1 is 1.24 bits per heavy atom. The van der Waals surface area contributed by atoms with Crippen LogP contribution in [0.3, 0.4) is 0 Å². The third-order valence-corrected chi connectivity index (χ3v) is 4.65. The normalized spacial score (nSPS) is 20.0. The Kier molecular flexibility index (Phi) is 5.30. The van der Waals surface area contributed by atoms with Gasteiger partial charge < -0.3 is 9.47 Å². The first-order chi connectivity index (χ1) is 9.94. The molecule has 1 aliphatic heterocycles. The third kappa shape index (κ3) is 4.22. The summed E-state index contributed by atoms with van der Waals surface area (Å²) in [6.07, 6.45) is 3.05. The molecular weight excluding hydrogens is 286 g/mol. The van der Waals surface area contributed by atoms with Crippen molar-refractivity contribution in [2.75, 3.05) is 13.2 Å². The van der Waals surface area contributed by atoms with E-state index < -0.39 is 16.8 Å². The van der Waals surface area contributed by atoms with Gasteiger partial charge in [0.1, 0.15) is 11.0 Å². The van der Waals surface area contributed by atoms with Gasteiger partial charge in [0, 0.05) is 18.2 Å². The topological polar surface area (TPSA) is 47.9 Å². The monoisotopic (exact) mass is 309 g/mol. The number of hydrogen-bond donors (Lipinski definition) is 0. The molecule has 0 spiro atoms. The van der Waals surface area contributed by atoms with E-state index in [0.717, 1.165) is 5.56 Å². The van der Waals surface area contributed by atoms with E-state index in [9.17, 15) is 4.21 Å². The van der Waals surface area contributed by atoms with Crippen molar-refractivity contribution in [1.82, 2.24) is 0 Å². The molecule has 1 unspecified atom stereocenters. The standard InChI is InChI=1S/C16H23NO3S/c1-15(2,3)21(18)17-11-7-10-16(19-12-13-20-16)14-8-5-4-6-9-14/h4-6,8-9,11H,7,10,12-13H2,1-3H3. The Morgan fingerprint density at radius 3 is 2.43 bits per heavy atom. The second-order valence-electron chi connectivity index (χ2n) is 6.00. The first-order valence-electron chi connectivity index (χ1n) is 7.22. The number of rotatable bonds is 5. The first kappa shape index (κ1) is 16.3. The van der Waals surface area contributed by atoms with Crippen LogP contribution in [0.4, 0.5) is 0 Å². The molecule has 0 bridgehead atoms. The zero-order valence-electron chi connectivity index (χ0n) is 12.9. The molecule has 21 heavy (non-hydrogen) atoms. The van der Waals surface area contributed by atoms with Crippen LogP contribution < -0.4 is 0 Å². The van der Waals surface area contributed by atoms with Crippen molar-refractivity contribution >= 4 is 17.2 Å². The summed E-state index contributed by atoms with van der Waals surface area (Å²) in [7, 11) is -1.21. The average molecular weight is 309 g/mol. The Labute approximate surface area is 129 Å². The van der Waals surface area contributed by atoms with Crippen LogP contribution in [0.5, 0.6) is 0 Å². The highest BCUT2D eigenvalue weighted by Gasteiger charge is 2.37. The van der Waals surface area contributed by atoms with Crippen LogP contribution in [-0.2, 0) is 26.2 Å². The van der Waals surface area contributed by atoms with Gasteiger partial charge in [-0.1, -0.05) is 30.3 Å². The van der Waals surface area contributed by atoms with Crippen LogP contribution in [-0.4, -0.2) is 28.4 Å². The second-order valence-corrected chi connectivity index (χ2v) is 7.94. The highest BCUT2D eigenvalue weighted by Crippen LogP contribution is 2.35. The largest absolute Gasteiger partial charge is 0.343 e. The van der Waals surface area contributed by atoms with E-state index >= 15 is 0 Å². The Hall–Kier alpha value is -1.04. The maximum Gasteiger partial charge on any atom is 0.195 e. The van der Waals surface area contributed by atoms with Crippen LogP contribution in [0.25, 0.3) is 0 Å². The molecule has 0 saturated carbocycles. The molecule has 1 atom stereocenters. The summed E-state index contributed by atoms with van der Waals surface area (Å²) in [4.78, 5) is 0. The minimum absolute atomic E-state index is 0.325. The molecule has 0 aliphatic carbocycles. The molecular formula is C16H23NO3S. The van der Waals surface area contributed by atoms with Gasteiger partial charge in [-0.25, -0.2) is 4.21 Å². The number of nitrogens with zero attached hydrogens (tertiary/aromatic N) is 1. The predicted molar refractivity (Wildman–Crippen MR) is 85.6 cm³/mol. The summed E-state index contributed by atoms with van der Waals surface area (Å²) < 4.78 is 27.3. The number of benzene rings is 1. The van der Waals surface area contributed by atoms with Gasteiger partial charge in [0.05, 0.1) is 18.0 Å². The highest BCUT2D eigenvalue weighted by atomic mass is 32.2. The molecule has 2 rings (SSSR count). The molecule has 1 aliphatic rings. The zero-order chi connectivity index (χ0) is 15.3. The maximum absolute atomic E-state index is 11.9. The van der Waals surface area contributed by atoms with E-state index in [1.807, 2.05) is 51.1 Å². The van der Waals surface area contributed by atoms with Crippen molar-refractivity contribution in [3.8, 4) is 0 Å². The Balaban J connectivity index is 1.99. The minimum atomic E-state index is -1.21. The summed E-state index contributed by atoms with van der Waals surface area (Å²) in [5.74, 6) is -0.684. The van der Waals surface area contributed by atoms with E-state index in [2.05, 4.69) is 4.40 Å². The SMILES string of the molecule is CC(C)(C)S(=O)N=CCCC1(c2ccccc2)OCCO1. The maximum atomic E-state index is 11.9. The molecule has 1 saturated heterocycles. The molecule has 1 aromatic rings. The van der Waals surface area contributed by atoms with Gasteiger partial charge in [0.2, 0.25) is 0 Å². The molecule has 0 aromatic heterocycles. The van der Waals surface area contributed by atoms with Gasteiger partial charge in [-0.05, 0) is 27.2 Å². The predicted octanol–water partition coefficient (Wildman–Crippen LogP) is 3.20. The lowest BCUT2D eigenvalue weighted by Gasteiger charge is -2.27. The lowest BCUT2D eigenvalue weighted by molar-refractivity contribution is -0.169. The van der Waals surface area contributed by atoms with Crippen LogP contribution in [0.15, 0.2) is 34.7 Å². The quantitative estimate of drug-likeness (QED) is 0.785. The van der Waals surface area contributed by atoms with E-state index in [0.29, 0.717) is 26.1 Å². The number of ether oxygens (including phenoxy) is 2. The van der Waals surface area contributed by atoms with E-state index in [1.54, 1.807) is 6.21 Å². The Bertz CT molecular complexity index is 502. The molecule has 4 nitrogen and oxygen atoms in total. The summed E-state index contributed by atoms with van der Waals surface area (Å²) in [5, 5.41) is 0. The molecule has 1 aromatic carbocycles. The van der Waals surface area contributed by atoms with Gasteiger partial charge in [-0.15, -0.1) is 0 Å². The van der Waals surface area contributed by atoms with Crippen molar-refractivity contribution in [2.45, 2.75) is 44.1 Å². The smallest absolute Gasteiger partial charge is 0.195 e. The zero-order valence-corrected chi connectivity index (χ0v) is 13.7. The van der Waals surface area contributed by atoms with Crippen molar-refractivity contribution in [3.05, 3.63) is 35.9 Å². The van der Waals surface area contributed by atoms with Gasteiger partial charge in [0.15, 0.2) is 5.79 Å². The van der Waals surface area contributed by atoms with Crippen molar-refractivity contribution in [1.29, 1.82) is 0 Å². The molecule has 0 N–H and O–H groups in total. The van der Waals surface area contributed by atoms with Gasteiger partial charge in [-0.2, -0.15) is 4.40 Å². The number of hydrogen-bond acceptors (Lipinski definition) is 3. The van der Waals surface area contributed by atoms with Crippen molar-refractivity contribution in [3.63, 3.8) is 0 Å². The van der Waals surface area contributed by atoms with Crippen LogP contribution in [0.2, 0.25) is 0 Å². The third-order valence-electron chi connectivity index (χ3n) is 3.26. The second kappa shape index (κ2) is 6.81. The molecule has 1 fully saturated rings. The summed E-state index contributed by atoms with van der Waals surface area (Å²) in [5.41, 5.74) is 1.02. The fourth-order valence-electron chi connectivity index (χ4n) is 2.14. The molecule has 0 amide bonds. The lowest BCUT2D eigenvalue weighted by atomic mass is 10.0. The van der Waals surface area contributed by atoms with E-state index in [4.69, 9.17) is 9.47 Å². The van der Waals surface area contributed by atoms with Crippen molar-refractivity contribution in [2.24, 2.45) is 4.40 Å². The highest BCUT2D eigenvalue weighted by molar-refractivity contribution is 7.85. The van der Waals surface area contributed by atoms with Gasteiger partial charge in [-0.3, -0.25) is 0 Å². The van der Waals surface area contributed by atoms with Crippen LogP contribution in [0, 0.1) is 0 Å². The van der Waals surface area contributed by atoms with Gasteiger partial charge >= 0.3 is 0 Å². The molecule has 0 radical (unpaired) electrons. The lowest BCUT2D eigenvalue weighted by Crippen LogP contribution is -2.27. The average Bonchev–Trinajstić information content (AvgIpc) is 2.93. The van der Waals surface area contributed by atoms with Crippen molar-refractivity contribution < 1.29 is 13.7 Å². The fourth-order valence-corrected chi connectivity index (χ4v) is 2.69. The first-order valence-corrected chi connectivity index (χ1v) is 8.33. The summed E-state index contributed by atoms with van der Waals surface area (Å²) in [6.45, 7) is 6.93. The fraction of sp³-hybridized carbons (Fsp3) is 0.562. The molecule has 116 valence electrons. The van der Waals surface area contributed by atoms with E-state index in [-0.39, 0.29) is 4.75 Å². The minimum Gasteiger partial charge on any atom is -0.343 e. The van der Waals surface area contributed by atoms with E-state index in [1.165, 1.54) is 0 Å². The van der Waals surface area contributed by atoms with Crippen LogP contribution in [0.1, 0.15) is 39.2 Å². The summed E-state index contributed by atoms with van der Waals surface area (Å²) in [6, 6.07) is 9.95.